The Morgan fingerprint density at radius 3 is 2.68 bits per heavy atom. The zero-order valence-corrected chi connectivity index (χ0v) is 12.8. The molecule has 0 aliphatic rings. The van der Waals surface area contributed by atoms with Gasteiger partial charge in [-0.2, -0.15) is 5.10 Å². The fourth-order valence-corrected chi connectivity index (χ4v) is 2.58. The third-order valence-electron chi connectivity index (χ3n) is 3.12. The molecule has 0 aliphatic carbocycles. The summed E-state index contributed by atoms with van der Waals surface area (Å²) in [6.07, 6.45) is 5.54. The van der Waals surface area contributed by atoms with Crippen LogP contribution < -0.4 is 4.74 Å². The van der Waals surface area contributed by atoms with Gasteiger partial charge in [-0.05, 0) is 53.9 Å². The fraction of sp³-hybridized carbons (Fsp3) is 0.0588. The lowest BCUT2D eigenvalue weighted by atomic mass is 10.2. The molecule has 4 nitrogen and oxygen atoms in total. The molecule has 0 amide bonds. The summed E-state index contributed by atoms with van der Waals surface area (Å²) in [6, 6.07) is 12.8. The van der Waals surface area contributed by atoms with Crippen LogP contribution in [0.15, 0.2) is 54.0 Å². The third kappa shape index (κ3) is 3.15. The van der Waals surface area contributed by atoms with Gasteiger partial charge in [-0.3, -0.25) is 4.79 Å². The molecule has 0 saturated carbocycles. The zero-order chi connectivity index (χ0) is 15.4. The molecule has 22 heavy (non-hydrogen) atoms. The van der Waals surface area contributed by atoms with Crippen LogP contribution in [0.3, 0.4) is 0 Å². The minimum absolute atomic E-state index is 0.168. The van der Waals surface area contributed by atoms with E-state index in [0.29, 0.717) is 5.56 Å². The van der Waals surface area contributed by atoms with E-state index < -0.39 is 0 Å². The molecule has 0 atom stereocenters. The van der Waals surface area contributed by atoms with Crippen LogP contribution in [0.4, 0.5) is 0 Å². The van der Waals surface area contributed by atoms with E-state index in [1.807, 2.05) is 35.7 Å². The van der Waals surface area contributed by atoms with Gasteiger partial charge in [-0.15, -0.1) is 11.3 Å². The molecule has 0 saturated heterocycles. The summed E-state index contributed by atoms with van der Waals surface area (Å²) in [5.74, 6) is 0.551. The van der Waals surface area contributed by atoms with Crippen LogP contribution >= 0.6 is 11.3 Å². The van der Waals surface area contributed by atoms with Crippen molar-refractivity contribution in [2.24, 2.45) is 0 Å². The largest absolute Gasteiger partial charge is 0.497 e. The highest BCUT2D eigenvalue weighted by molar-refractivity contribution is 7.10. The van der Waals surface area contributed by atoms with Crippen molar-refractivity contribution in [2.45, 2.75) is 0 Å². The molecular weight excluding hydrogens is 296 g/mol. The Morgan fingerprint density at radius 2 is 2.00 bits per heavy atom. The van der Waals surface area contributed by atoms with Crippen LogP contribution in [0.25, 0.3) is 12.2 Å². The van der Waals surface area contributed by atoms with Crippen LogP contribution in [0.5, 0.6) is 5.75 Å². The van der Waals surface area contributed by atoms with Crippen molar-refractivity contribution in [3.05, 3.63) is 70.2 Å². The van der Waals surface area contributed by atoms with Gasteiger partial charge >= 0.3 is 0 Å². The fourth-order valence-electron chi connectivity index (χ4n) is 1.96. The number of thiophene rings is 1. The van der Waals surface area contributed by atoms with Gasteiger partial charge in [-0.1, -0.05) is 6.07 Å². The first-order valence-corrected chi connectivity index (χ1v) is 7.60. The Labute approximate surface area is 132 Å². The number of aromatic nitrogens is 2. The minimum atomic E-state index is -0.168. The number of carbonyl (C=O) groups excluding carboxylic acids is 1. The van der Waals surface area contributed by atoms with Crippen LogP contribution in [0.1, 0.15) is 20.9 Å². The molecule has 2 heterocycles. The number of benzene rings is 1. The van der Waals surface area contributed by atoms with E-state index in [9.17, 15) is 4.79 Å². The lowest BCUT2D eigenvalue weighted by molar-refractivity contribution is 0.0945. The second-order valence-electron chi connectivity index (χ2n) is 4.57. The zero-order valence-electron chi connectivity index (χ0n) is 12.0. The number of nitrogens with zero attached hydrogens (tertiary/aromatic N) is 2. The first kappa shape index (κ1) is 14.3. The molecule has 2 aromatic heterocycles. The quantitative estimate of drug-likeness (QED) is 0.736. The smallest absolute Gasteiger partial charge is 0.278 e. The molecule has 0 radical (unpaired) electrons. The van der Waals surface area contributed by atoms with Crippen molar-refractivity contribution in [2.75, 3.05) is 7.11 Å². The standard InChI is InChI=1S/C17H14N2O2S/c1-21-15-7-4-13(5-8-15)17(20)19-11-10-14(18-19)6-9-16-3-2-12-22-16/h2-12H,1H3. The third-order valence-corrected chi connectivity index (χ3v) is 3.95. The lowest BCUT2D eigenvalue weighted by Crippen LogP contribution is -2.12. The topological polar surface area (TPSA) is 44.1 Å². The maximum Gasteiger partial charge on any atom is 0.278 e. The highest BCUT2D eigenvalue weighted by atomic mass is 32.1. The van der Waals surface area contributed by atoms with E-state index in [-0.39, 0.29) is 5.91 Å². The monoisotopic (exact) mass is 310 g/mol. The maximum atomic E-state index is 12.3. The molecule has 0 aliphatic heterocycles. The van der Waals surface area contributed by atoms with Gasteiger partial charge in [0, 0.05) is 16.6 Å². The summed E-state index contributed by atoms with van der Waals surface area (Å²) < 4.78 is 6.43. The summed E-state index contributed by atoms with van der Waals surface area (Å²) >= 11 is 1.66. The maximum absolute atomic E-state index is 12.3. The summed E-state index contributed by atoms with van der Waals surface area (Å²) in [6.45, 7) is 0. The van der Waals surface area contributed by atoms with Gasteiger partial charge in [0.15, 0.2) is 0 Å². The average Bonchev–Trinajstić information content (AvgIpc) is 3.24. The van der Waals surface area contributed by atoms with Crippen molar-refractivity contribution in [1.82, 2.24) is 9.78 Å². The number of rotatable bonds is 4. The number of hydrogen-bond acceptors (Lipinski definition) is 4. The molecule has 0 fully saturated rings. The summed E-state index contributed by atoms with van der Waals surface area (Å²) in [5.41, 5.74) is 1.31. The predicted molar refractivity (Wildman–Crippen MR) is 88.2 cm³/mol. The molecule has 110 valence electrons. The van der Waals surface area contributed by atoms with Crippen molar-refractivity contribution in [3.63, 3.8) is 0 Å². The van der Waals surface area contributed by atoms with Gasteiger partial charge in [0.1, 0.15) is 5.75 Å². The first-order valence-electron chi connectivity index (χ1n) is 6.72. The molecular formula is C17H14N2O2S. The number of ether oxygens (including phenoxy) is 1. The second-order valence-corrected chi connectivity index (χ2v) is 5.55. The number of methoxy groups -OCH3 is 1. The van der Waals surface area contributed by atoms with E-state index in [4.69, 9.17) is 4.74 Å². The van der Waals surface area contributed by atoms with Gasteiger partial charge in [-0.25, -0.2) is 4.68 Å². The molecule has 0 spiro atoms. The summed E-state index contributed by atoms with van der Waals surface area (Å²) in [5, 5.41) is 6.30. The van der Waals surface area contributed by atoms with E-state index in [0.717, 1.165) is 16.3 Å². The highest BCUT2D eigenvalue weighted by Crippen LogP contribution is 2.14. The van der Waals surface area contributed by atoms with Crippen LogP contribution in [-0.2, 0) is 0 Å². The van der Waals surface area contributed by atoms with Crippen molar-refractivity contribution >= 4 is 29.4 Å². The van der Waals surface area contributed by atoms with Gasteiger partial charge in [0.2, 0.25) is 0 Å². The molecule has 0 bridgehead atoms. The Hall–Kier alpha value is -2.66. The summed E-state index contributed by atoms with van der Waals surface area (Å²) in [7, 11) is 1.59. The minimum Gasteiger partial charge on any atom is -0.497 e. The van der Waals surface area contributed by atoms with Gasteiger partial charge in [0.25, 0.3) is 5.91 Å². The van der Waals surface area contributed by atoms with E-state index in [1.54, 1.807) is 48.9 Å². The average molecular weight is 310 g/mol. The predicted octanol–water partition coefficient (Wildman–Crippen LogP) is 3.81. The lowest BCUT2D eigenvalue weighted by Gasteiger charge is -2.02. The second kappa shape index (κ2) is 6.41. The normalized spacial score (nSPS) is 11.0. The Bertz CT molecular complexity index is 786. The van der Waals surface area contributed by atoms with Crippen molar-refractivity contribution in [1.29, 1.82) is 0 Å². The van der Waals surface area contributed by atoms with Crippen LogP contribution in [0, 0.1) is 0 Å². The first-order chi connectivity index (χ1) is 10.8. The van der Waals surface area contributed by atoms with Crippen molar-refractivity contribution in [3.8, 4) is 5.75 Å². The Morgan fingerprint density at radius 1 is 1.18 bits per heavy atom. The molecule has 0 unspecified atom stereocenters. The SMILES string of the molecule is COc1ccc(C(=O)n2ccc(C=Cc3cccs3)n2)cc1. The van der Waals surface area contributed by atoms with E-state index in [1.165, 1.54) is 4.68 Å². The van der Waals surface area contributed by atoms with Gasteiger partial charge < -0.3 is 4.74 Å². The molecule has 0 N–H and O–H groups in total. The number of hydrogen-bond donors (Lipinski definition) is 0. The van der Waals surface area contributed by atoms with E-state index >= 15 is 0 Å². The van der Waals surface area contributed by atoms with Gasteiger partial charge in [0.05, 0.1) is 12.8 Å². The molecule has 1 aromatic carbocycles. The highest BCUT2D eigenvalue weighted by Gasteiger charge is 2.09. The van der Waals surface area contributed by atoms with Crippen molar-refractivity contribution < 1.29 is 9.53 Å². The molecule has 3 rings (SSSR count). The Kier molecular flexibility index (Phi) is 4.16. The molecule has 5 heteroatoms. The number of carbonyl (C=O) groups is 1. The van der Waals surface area contributed by atoms with Crippen LogP contribution in [-0.4, -0.2) is 22.8 Å². The summed E-state index contributed by atoms with van der Waals surface area (Å²) in [4.78, 5) is 13.5. The van der Waals surface area contributed by atoms with E-state index in [2.05, 4.69) is 5.10 Å². The Balaban J connectivity index is 1.76. The van der Waals surface area contributed by atoms with Crippen LogP contribution in [0.2, 0.25) is 0 Å². The molecule has 3 aromatic rings.